The molecule has 1 atom stereocenters. The van der Waals surface area contributed by atoms with Gasteiger partial charge < -0.3 is 5.73 Å². The van der Waals surface area contributed by atoms with Gasteiger partial charge in [-0.15, -0.1) is 0 Å². The summed E-state index contributed by atoms with van der Waals surface area (Å²) in [5.41, 5.74) is 7.63. The molecule has 0 saturated heterocycles. The summed E-state index contributed by atoms with van der Waals surface area (Å²) < 4.78 is 1.28. The Morgan fingerprint density at radius 1 is 1.07 bits per heavy atom. The fourth-order valence-corrected chi connectivity index (χ4v) is 2.81. The molecule has 0 heterocycles. The first kappa shape index (κ1) is 11.4. The molecule has 0 aliphatic heterocycles. The van der Waals surface area contributed by atoms with Crippen LogP contribution in [0, 0.1) is 9.49 Å². The summed E-state index contributed by atoms with van der Waals surface area (Å²) >= 11 is 2.33. The second-order valence-corrected chi connectivity index (χ2v) is 5.72. The average Bonchev–Trinajstić information content (AvgIpc) is 2.30. The Balaban J connectivity index is 2.05. The SMILES string of the molecule is N[C@@H](c1ccc(I)cc1)C1CCCCC1. The Morgan fingerprint density at radius 2 is 1.67 bits per heavy atom. The Hall–Kier alpha value is -0.0900. The molecule has 82 valence electrons. The molecule has 1 aliphatic carbocycles. The Morgan fingerprint density at radius 3 is 2.27 bits per heavy atom. The van der Waals surface area contributed by atoms with Gasteiger partial charge in [0, 0.05) is 9.61 Å². The Bertz CT molecular complexity index is 301. The number of benzene rings is 1. The fraction of sp³-hybridized carbons (Fsp3) is 0.538. The third-order valence-electron chi connectivity index (χ3n) is 3.41. The van der Waals surface area contributed by atoms with Gasteiger partial charge in [-0.3, -0.25) is 0 Å². The molecule has 1 aromatic carbocycles. The molecule has 1 aliphatic rings. The summed E-state index contributed by atoms with van der Waals surface area (Å²) in [5.74, 6) is 0.707. The largest absolute Gasteiger partial charge is 0.324 e. The monoisotopic (exact) mass is 315 g/mol. The van der Waals surface area contributed by atoms with E-state index in [1.807, 2.05) is 0 Å². The molecular formula is C13H18IN. The first-order valence-electron chi connectivity index (χ1n) is 5.78. The van der Waals surface area contributed by atoms with Crippen molar-refractivity contribution in [3.63, 3.8) is 0 Å². The highest BCUT2D eigenvalue weighted by Gasteiger charge is 2.21. The van der Waals surface area contributed by atoms with Gasteiger partial charge >= 0.3 is 0 Å². The number of halogens is 1. The molecule has 0 aromatic heterocycles. The summed E-state index contributed by atoms with van der Waals surface area (Å²) in [6.07, 6.45) is 6.75. The van der Waals surface area contributed by atoms with Crippen molar-refractivity contribution in [2.45, 2.75) is 38.1 Å². The summed E-state index contributed by atoms with van der Waals surface area (Å²) in [6.45, 7) is 0. The molecule has 1 nitrogen and oxygen atoms in total. The minimum absolute atomic E-state index is 0.252. The van der Waals surface area contributed by atoms with E-state index in [9.17, 15) is 0 Å². The number of hydrogen-bond acceptors (Lipinski definition) is 1. The second-order valence-electron chi connectivity index (χ2n) is 4.48. The van der Waals surface area contributed by atoms with Crippen LogP contribution in [0.2, 0.25) is 0 Å². The number of hydrogen-bond donors (Lipinski definition) is 1. The number of nitrogens with two attached hydrogens (primary N) is 1. The molecule has 2 N–H and O–H groups in total. The zero-order valence-corrected chi connectivity index (χ0v) is 11.1. The minimum atomic E-state index is 0.252. The van der Waals surface area contributed by atoms with Crippen LogP contribution in [0.3, 0.4) is 0 Å². The molecule has 15 heavy (non-hydrogen) atoms. The maximum absolute atomic E-state index is 6.32. The van der Waals surface area contributed by atoms with Gasteiger partial charge in [0.05, 0.1) is 0 Å². The van der Waals surface area contributed by atoms with Gasteiger partial charge in [0.15, 0.2) is 0 Å². The van der Waals surface area contributed by atoms with Crippen molar-refractivity contribution in [2.75, 3.05) is 0 Å². The van der Waals surface area contributed by atoms with Gasteiger partial charge in [-0.1, -0.05) is 31.4 Å². The van der Waals surface area contributed by atoms with Crippen LogP contribution in [0.1, 0.15) is 43.7 Å². The highest BCUT2D eigenvalue weighted by Crippen LogP contribution is 2.32. The molecular weight excluding hydrogens is 297 g/mol. The molecule has 0 radical (unpaired) electrons. The average molecular weight is 315 g/mol. The van der Waals surface area contributed by atoms with Gasteiger partial charge in [0.1, 0.15) is 0 Å². The standard InChI is InChI=1S/C13H18IN/c14-12-8-6-11(7-9-12)13(15)10-4-2-1-3-5-10/h6-10,13H,1-5,15H2/t13-/m1/s1. The van der Waals surface area contributed by atoms with Crippen molar-refractivity contribution in [2.24, 2.45) is 11.7 Å². The van der Waals surface area contributed by atoms with Gasteiger partial charge in [0.25, 0.3) is 0 Å². The van der Waals surface area contributed by atoms with E-state index in [1.54, 1.807) is 0 Å². The predicted octanol–water partition coefficient (Wildman–Crippen LogP) is 3.87. The molecule has 1 fully saturated rings. The van der Waals surface area contributed by atoms with Crippen LogP contribution in [0.4, 0.5) is 0 Å². The van der Waals surface area contributed by atoms with E-state index >= 15 is 0 Å². The summed E-state index contributed by atoms with van der Waals surface area (Å²) in [6, 6.07) is 8.92. The summed E-state index contributed by atoms with van der Waals surface area (Å²) in [5, 5.41) is 0. The van der Waals surface area contributed by atoms with Crippen LogP contribution >= 0.6 is 22.6 Å². The van der Waals surface area contributed by atoms with Gasteiger partial charge in [-0.25, -0.2) is 0 Å². The van der Waals surface area contributed by atoms with E-state index in [-0.39, 0.29) is 6.04 Å². The van der Waals surface area contributed by atoms with Gasteiger partial charge in [0.2, 0.25) is 0 Å². The molecule has 2 heteroatoms. The van der Waals surface area contributed by atoms with Crippen LogP contribution in [-0.2, 0) is 0 Å². The maximum atomic E-state index is 6.32. The van der Waals surface area contributed by atoms with Crippen molar-refractivity contribution < 1.29 is 0 Å². The second kappa shape index (κ2) is 5.30. The van der Waals surface area contributed by atoms with Crippen LogP contribution < -0.4 is 5.73 Å². The lowest BCUT2D eigenvalue weighted by atomic mass is 9.82. The predicted molar refractivity (Wildman–Crippen MR) is 72.7 cm³/mol. The van der Waals surface area contributed by atoms with Crippen molar-refractivity contribution in [1.82, 2.24) is 0 Å². The molecule has 0 amide bonds. The van der Waals surface area contributed by atoms with E-state index in [2.05, 4.69) is 46.9 Å². The van der Waals surface area contributed by atoms with E-state index < -0.39 is 0 Å². The lowest BCUT2D eigenvalue weighted by Crippen LogP contribution is -2.23. The van der Waals surface area contributed by atoms with Gasteiger partial charge in [-0.2, -0.15) is 0 Å². The molecule has 1 saturated carbocycles. The first-order valence-corrected chi connectivity index (χ1v) is 6.86. The van der Waals surface area contributed by atoms with Crippen LogP contribution in [-0.4, -0.2) is 0 Å². The normalized spacial score (nSPS) is 20.1. The minimum Gasteiger partial charge on any atom is -0.324 e. The van der Waals surface area contributed by atoms with E-state index in [0.717, 1.165) is 0 Å². The zero-order valence-electron chi connectivity index (χ0n) is 8.95. The van der Waals surface area contributed by atoms with Gasteiger partial charge in [-0.05, 0) is 59.0 Å². The lowest BCUT2D eigenvalue weighted by molar-refractivity contribution is 0.308. The summed E-state index contributed by atoms with van der Waals surface area (Å²) in [4.78, 5) is 0. The van der Waals surface area contributed by atoms with E-state index in [1.165, 1.54) is 41.2 Å². The molecule has 0 spiro atoms. The lowest BCUT2D eigenvalue weighted by Gasteiger charge is -2.27. The number of rotatable bonds is 2. The first-order chi connectivity index (χ1) is 7.27. The fourth-order valence-electron chi connectivity index (χ4n) is 2.45. The summed E-state index contributed by atoms with van der Waals surface area (Å²) in [7, 11) is 0. The molecule has 0 unspecified atom stereocenters. The van der Waals surface area contributed by atoms with Crippen molar-refractivity contribution in [3.05, 3.63) is 33.4 Å². The third-order valence-corrected chi connectivity index (χ3v) is 4.13. The highest BCUT2D eigenvalue weighted by atomic mass is 127. The smallest absolute Gasteiger partial charge is 0.0323 e. The van der Waals surface area contributed by atoms with Crippen molar-refractivity contribution in [1.29, 1.82) is 0 Å². The maximum Gasteiger partial charge on any atom is 0.0323 e. The Labute approximate surface area is 106 Å². The molecule has 0 bridgehead atoms. The third kappa shape index (κ3) is 2.94. The highest BCUT2D eigenvalue weighted by molar-refractivity contribution is 14.1. The van der Waals surface area contributed by atoms with E-state index in [0.29, 0.717) is 5.92 Å². The molecule has 1 aromatic rings. The topological polar surface area (TPSA) is 26.0 Å². The zero-order chi connectivity index (χ0) is 10.7. The Kier molecular flexibility index (Phi) is 4.03. The molecule has 2 rings (SSSR count). The quantitative estimate of drug-likeness (QED) is 0.824. The van der Waals surface area contributed by atoms with Crippen LogP contribution in [0.15, 0.2) is 24.3 Å². The van der Waals surface area contributed by atoms with E-state index in [4.69, 9.17) is 5.73 Å². The van der Waals surface area contributed by atoms with Crippen molar-refractivity contribution in [3.8, 4) is 0 Å². The van der Waals surface area contributed by atoms with Crippen molar-refractivity contribution >= 4 is 22.6 Å². The van der Waals surface area contributed by atoms with Crippen LogP contribution in [0.5, 0.6) is 0 Å². The van der Waals surface area contributed by atoms with Crippen LogP contribution in [0.25, 0.3) is 0 Å².